The molecule has 2 rings (SSSR count). The molecule has 1 aromatic heterocycles. The van der Waals surface area contributed by atoms with E-state index in [1.807, 2.05) is 24.3 Å². The predicted octanol–water partition coefficient (Wildman–Crippen LogP) is 2.88. The van der Waals surface area contributed by atoms with Crippen LogP contribution >= 0.6 is 12.2 Å². The Hall–Kier alpha value is -1.75. The first-order chi connectivity index (χ1) is 8.22. The smallest absolute Gasteiger partial charge is 0.179 e. The summed E-state index contributed by atoms with van der Waals surface area (Å²) in [6.45, 7) is 0. The lowest BCUT2D eigenvalue weighted by atomic mass is 10.1. The van der Waals surface area contributed by atoms with Crippen LogP contribution in [0.2, 0.25) is 0 Å². The normalized spacial score (nSPS) is 10.2. The number of hydrogen-bond donors (Lipinski definition) is 1. The van der Waals surface area contributed by atoms with Crippen LogP contribution in [0, 0.1) is 10.5 Å². The van der Waals surface area contributed by atoms with Crippen LogP contribution in [0.5, 0.6) is 5.75 Å². The van der Waals surface area contributed by atoms with Gasteiger partial charge in [0.25, 0.3) is 0 Å². The van der Waals surface area contributed by atoms with Crippen molar-refractivity contribution in [3.8, 4) is 5.75 Å². The molecule has 0 fully saturated rings. The van der Waals surface area contributed by atoms with E-state index < -0.39 is 5.82 Å². The molecule has 3 nitrogen and oxygen atoms in total. The Morgan fingerprint density at radius 2 is 2.18 bits per heavy atom. The SMILES string of the molecule is COc1ccccc1Cc1[nH]cnc(=S)c1F. The van der Waals surface area contributed by atoms with E-state index in [0.29, 0.717) is 12.1 Å². The zero-order valence-electron chi connectivity index (χ0n) is 9.24. The third kappa shape index (κ3) is 2.50. The summed E-state index contributed by atoms with van der Waals surface area (Å²) >= 11 is 4.78. The molecule has 1 N–H and O–H groups in total. The molecule has 2 aromatic rings. The van der Waals surface area contributed by atoms with Crippen LogP contribution in [0.15, 0.2) is 30.6 Å². The fourth-order valence-corrected chi connectivity index (χ4v) is 1.76. The zero-order chi connectivity index (χ0) is 12.3. The van der Waals surface area contributed by atoms with E-state index in [4.69, 9.17) is 17.0 Å². The molecule has 88 valence electrons. The first-order valence-corrected chi connectivity index (χ1v) is 5.47. The summed E-state index contributed by atoms with van der Waals surface area (Å²) < 4.78 is 18.9. The standard InChI is InChI=1S/C12H11FN2OS/c1-16-10-5-3-2-4-8(10)6-9-11(13)12(17)15-7-14-9/h2-5,7H,6H2,1H3,(H,14,15,17). The van der Waals surface area contributed by atoms with Crippen LogP contribution in [-0.2, 0) is 6.42 Å². The van der Waals surface area contributed by atoms with Gasteiger partial charge < -0.3 is 9.72 Å². The van der Waals surface area contributed by atoms with Crippen molar-refractivity contribution in [1.29, 1.82) is 0 Å². The van der Waals surface area contributed by atoms with Crippen molar-refractivity contribution in [3.05, 3.63) is 52.3 Å². The van der Waals surface area contributed by atoms with E-state index in [2.05, 4.69) is 9.97 Å². The van der Waals surface area contributed by atoms with Crippen molar-refractivity contribution in [2.75, 3.05) is 7.11 Å². The van der Waals surface area contributed by atoms with E-state index in [0.717, 1.165) is 11.3 Å². The number of nitrogens with one attached hydrogen (secondary N) is 1. The lowest BCUT2D eigenvalue weighted by Gasteiger charge is -2.08. The number of para-hydroxylation sites is 1. The fourth-order valence-electron chi connectivity index (χ4n) is 1.59. The number of hydrogen-bond acceptors (Lipinski definition) is 3. The van der Waals surface area contributed by atoms with Crippen LogP contribution in [0.1, 0.15) is 11.3 Å². The lowest BCUT2D eigenvalue weighted by Crippen LogP contribution is -2.00. The van der Waals surface area contributed by atoms with Crippen molar-refractivity contribution in [1.82, 2.24) is 9.97 Å². The van der Waals surface area contributed by atoms with Crippen LogP contribution in [0.25, 0.3) is 0 Å². The van der Waals surface area contributed by atoms with E-state index >= 15 is 0 Å². The highest BCUT2D eigenvalue weighted by molar-refractivity contribution is 7.71. The van der Waals surface area contributed by atoms with Gasteiger partial charge in [0, 0.05) is 12.0 Å². The molecular formula is C12H11FN2OS. The summed E-state index contributed by atoms with van der Waals surface area (Å²) in [6, 6.07) is 7.47. The second-order valence-electron chi connectivity index (χ2n) is 3.49. The number of rotatable bonds is 3. The Labute approximate surface area is 103 Å². The molecule has 0 saturated heterocycles. The van der Waals surface area contributed by atoms with Gasteiger partial charge in [-0.15, -0.1) is 0 Å². The minimum absolute atomic E-state index is 0.0198. The molecule has 0 aliphatic heterocycles. The third-order valence-corrected chi connectivity index (χ3v) is 2.72. The Balaban J connectivity index is 2.38. The Morgan fingerprint density at radius 3 is 2.94 bits per heavy atom. The average Bonchev–Trinajstić information content (AvgIpc) is 2.35. The summed E-state index contributed by atoms with van der Waals surface area (Å²) in [5.74, 6) is 0.247. The lowest BCUT2D eigenvalue weighted by molar-refractivity contribution is 0.410. The first kappa shape index (κ1) is 11.7. The van der Waals surface area contributed by atoms with Crippen LogP contribution in [-0.4, -0.2) is 17.1 Å². The molecule has 0 aliphatic rings. The van der Waals surface area contributed by atoms with Gasteiger partial charge in [0.2, 0.25) is 0 Å². The maximum atomic E-state index is 13.7. The number of aromatic amines is 1. The molecule has 5 heteroatoms. The maximum absolute atomic E-state index is 13.7. The summed E-state index contributed by atoms with van der Waals surface area (Å²) in [7, 11) is 1.59. The Kier molecular flexibility index (Phi) is 3.49. The predicted molar refractivity (Wildman–Crippen MR) is 65.2 cm³/mol. The number of aromatic nitrogens is 2. The number of halogens is 1. The van der Waals surface area contributed by atoms with Gasteiger partial charge in [-0.1, -0.05) is 30.4 Å². The van der Waals surface area contributed by atoms with Crippen molar-refractivity contribution in [3.63, 3.8) is 0 Å². The summed E-state index contributed by atoms with van der Waals surface area (Å²) in [5.41, 5.74) is 1.31. The minimum atomic E-state index is -0.478. The second kappa shape index (κ2) is 5.05. The van der Waals surface area contributed by atoms with Gasteiger partial charge in [-0.2, -0.15) is 0 Å². The number of methoxy groups -OCH3 is 1. The summed E-state index contributed by atoms with van der Waals surface area (Å²) in [6.07, 6.45) is 1.79. The molecule has 0 bridgehead atoms. The number of nitrogens with zero attached hydrogens (tertiary/aromatic N) is 1. The maximum Gasteiger partial charge on any atom is 0.179 e. The highest BCUT2D eigenvalue weighted by atomic mass is 32.1. The highest BCUT2D eigenvalue weighted by Gasteiger charge is 2.08. The van der Waals surface area contributed by atoms with E-state index in [1.165, 1.54) is 6.33 Å². The summed E-state index contributed by atoms with van der Waals surface area (Å²) in [4.78, 5) is 6.45. The second-order valence-corrected chi connectivity index (χ2v) is 3.88. The molecule has 0 atom stereocenters. The quantitative estimate of drug-likeness (QED) is 0.851. The molecule has 0 saturated carbocycles. The Bertz CT molecular complexity index is 583. The topological polar surface area (TPSA) is 37.9 Å². The van der Waals surface area contributed by atoms with Gasteiger partial charge in [-0.3, -0.25) is 0 Å². The van der Waals surface area contributed by atoms with Gasteiger partial charge in [-0.05, 0) is 6.07 Å². The van der Waals surface area contributed by atoms with Crippen molar-refractivity contribution < 1.29 is 9.13 Å². The van der Waals surface area contributed by atoms with E-state index in [-0.39, 0.29) is 4.64 Å². The number of H-pyrrole nitrogens is 1. The van der Waals surface area contributed by atoms with Gasteiger partial charge in [0.15, 0.2) is 10.5 Å². The molecule has 0 spiro atoms. The van der Waals surface area contributed by atoms with Gasteiger partial charge in [-0.25, -0.2) is 9.37 Å². The molecule has 0 radical (unpaired) electrons. The summed E-state index contributed by atoms with van der Waals surface area (Å²) in [5, 5.41) is 0. The first-order valence-electron chi connectivity index (χ1n) is 5.06. The van der Waals surface area contributed by atoms with Gasteiger partial charge in [0.1, 0.15) is 5.75 Å². The van der Waals surface area contributed by atoms with Crippen molar-refractivity contribution in [2.45, 2.75) is 6.42 Å². The van der Waals surface area contributed by atoms with E-state index in [9.17, 15) is 4.39 Å². The van der Waals surface area contributed by atoms with Crippen LogP contribution in [0.3, 0.4) is 0 Å². The van der Waals surface area contributed by atoms with Crippen LogP contribution < -0.4 is 4.74 Å². The Morgan fingerprint density at radius 1 is 1.41 bits per heavy atom. The fraction of sp³-hybridized carbons (Fsp3) is 0.167. The monoisotopic (exact) mass is 250 g/mol. The molecule has 17 heavy (non-hydrogen) atoms. The van der Waals surface area contributed by atoms with Crippen molar-refractivity contribution >= 4 is 12.2 Å². The molecule has 1 aromatic carbocycles. The molecule has 1 heterocycles. The third-order valence-electron chi connectivity index (χ3n) is 2.43. The molecule has 0 unspecified atom stereocenters. The zero-order valence-corrected chi connectivity index (χ0v) is 10.1. The van der Waals surface area contributed by atoms with Crippen molar-refractivity contribution in [2.24, 2.45) is 0 Å². The van der Waals surface area contributed by atoms with Gasteiger partial charge >= 0.3 is 0 Å². The largest absolute Gasteiger partial charge is 0.496 e. The number of ether oxygens (including phenoxy) is 1. The molecule has 0 aliphatic carbocycles. The van der Waals surface area contributed by atoms with E-state index in [1.54, 1.807) is 7.11 Å². The molecule has 0 amide bonds. The van der Waals surface area contributed by atoms with Gasteiger partial charge in [0.05, 0.1) is 19.1 Å². The molecular weight excluding hydrogens is 239 g/mol. The average molecular weight is 250 g/mol. The minimum Gasteiger partial charge on any atom is -0.496 e. The number of benzene rings is 1. The highest BCUT2D eigenvalue weighted by Crippen LogP contribution is 2.21. The van der Waals surface area contributed by atoms with Crippen LogP contribution in [0.4, 0.5) is 4.39 Å².